The largest absolute Gasteiger partial charge is 0.250 e. The maximum Gasteiger partial charge on any atom is 0.131 e. The summed E-state index contributed by atoms with van der Waals surface area (Å²) < 4.78 is 13.5. The van der Waals surface area contributed by atoms with Crippen LogP contribution in [-0.2, 0) is 5.33 Å². The van der Waals surface area contributed by atoms with Crippen molar-refractivity contribution in [3.63, 3.8) is 0 Å². The molecule has 0 spiro atoms. The summed E-state index contributed by atoms with van der Waals surface area (Å²) in [6, 6.07) is 1.36. The number of nitrogens with zero attached hydrogens (tertiary/aromatic N) is 1. The van der Waals surface area contributed by atoms with Gasteiger partial charge in [-0.1, -0.05) is 15.9 Å². The van der Waals surface area contributed by atoms with Gasteiger partial charge in [-0.05, 0) is 28.7 Å². The minimum Gasteiger partial charge on any atom is -0.250 e. The minimum atomic E-state index is -0.198. The monoisotopic (exact) mass is 315 g/mol. The van der Waals surface area contributed by atoms with Gasteiger partial charge < -0.3 is 0 Å². The molecule has 54 valence electrons. The fourth-order valence-electron chi connectivity index (χ4n) is 0.564. The summed E-state index contributed by atoms with van der Waals surface area (Å²) in [7, 11) is 0. The van der Waals surface area contributed by atoms with Gasteiger partial charge in [0.15, 0.2) is 0 Å². The molecular formula is C6H4BrFIN. The van der Waals surface area contributed by atoms with Gasteiger partial charge in [0.25, 0.3) is 0 Å². The van der Waals surface area contributed by atoms with E-state index < -0.39 is 0 Å². The first-order chi connectivity index (χ1) is 4.75. The van der Waals surface area contributed by atoms with Crippen LogP contribution in [0, 0.1) is 9.52 Å². The summed E-state index contributed by atoms with van der Waals surface area (Å²) in [5, 5.41) is 0.519. The number of pyridine rings is 1. The highest BCUT2D eigenvalue weighted by Gasteiger charge is 2.03. The molecule has 0 unspecified atom stereocenters. The van der Waals surface area contributed by atoms with Gasteiger partial charge in [0.1, 0.15) is 9.52 Å². The van der Waals surface area contributed by atoms with Crippen LogP contribution in [0.5, 0.6) is 0 Å². The van der Waals surface area contributed by atoms with E-state index in [2.05, 4.69) is 20.9 Å². The van der Waals surface area contributed by atoms with Crippen molar-refractivity contribution in [1.82, 2.24) is 4.98 Å². The molecule has 1 nitrogen and oxygen atoms in total. The van der Waals surface area contributed by atoms with Gasteiger partial charge in [0.05, 0.1) is 0 Å². The smallest absolute Gasteiger partial charge is 0.131 e. The van der Waals surface area contributed by atoms with E-state index in [0.717, 1.165) is 3.70 Å². The van der Waals surface area contributed by atoms with E-state index in [1.54, 1.807) is 0 Å². The fourth-order valence-corrected chi connectivity index (χ4v) is 2.23. The first-order valence-electron chi connectivity index (χ1n) is 2.60. The van der Waals surface area contributed by atoms with Crippen LogP contribution < -0.4 is 0 Å². The minimum absolute atomic E-state index is 0.198. The van der Waals surface area contributed by atoms with Crippen LogP contribution >= 0.6 is 38.5 Å². The Hall–Kier alpha value is 0.290. The van der Waals surface area contributed by atoms with Crippen molar-refractivity contribution in [3.05, 3.63) is 27.3 Å². The molecule has 0 aliphatic heterocycles. The van der Waals surface area contributed by atoms with E-state index in [4.69, 9.17) is 0 Å². The first kappa shape index (κ1) is 8.39. The third-order valence-electron chi connectivity index (χ3n) is 1.08. The predicted molar refractivity (Wildman–Crippen MR) is 49.5 cm³/mol. The Morgan fingerprint density at radius 2 is 2.40 bits per heavy atom. The lowest BCUT2D eigenvalue weighted by Crippen LogP contribution is -1.92. The van der Waals surface area contributed by atoms with E-state index in [1.807, 2.05) is 22.6 Å². The van der Waals surface area contributed by atoms with Crippen molar-refractivity contribution in [2.45, 2.75) is 5.33 Å². The molecule has 0 saturated carbocycles. The van der Waals surface area contributed by atoms with Crippen molar-refractivity contribution in [2.75, 3.05) is 0 Å². The van der Waals surface area contributed by atoms with Gasteiger partial charge in [0.2, 0.25) is 0 Å². The normalized spacial score (nSPS) is 9.90. The molecule has 0 aliphatic rings. The van der Waals surface area contributed by atoms with Gasteiger partial charge in [-0.15, -0.1) is 0 Å². The highest BCUT2D eigenvalue weighted by molar-refractivity contribution is 14.1. The van der Waals surface area contributed by atoms with Crippen molar-refractivity contribution < 1.29 is 4.39 Å². The molecular weight excluding hydrogens is 312 g/mol. The zero-order valence-electron chi connectivity index (χ0n) is 4.94. The summed E-state index contributed by atoms with van der Waals surface area (Å²) in [6.07, 6.45) is 1.46. The number of halogens is 3. The fraction of sp³-hybridized carbons (Fsp3) is 0.167. The van der Waals surface area contributed by atoms with Gasteiger partial charge in [-0.2, -0.15) is 0 Å². The van der Waals surface area contributed by atoms with Crippen LogP contribution in [0.3, 0.4) is 0 Å². The highest BCUT2D eigenvalue weighted by Crippen LogP contribution is 2.15. The van der Waals surface area contributed by atoms with Gasteiger partial charge in [0, 0.05) is 17.1 Å². The van der Waals surface area contributed by atoms with Crippen molar-refractivity contribution >= 4 is 38.5 Å². The Morgan fingerprint density at radius 3 is 2.80 bits per heavy atom. The van der Waals surface area contributed by atoms with Crippen LogP contribution in [0.1, 0.15) is 5.56 Å². The van der Waals surface area contributed by atoms with E-state index in [-0.39, 0.29) is 5.82 Å². The summed E-state index contributed by atoms with van der Waals surface area (Å²) in [5.41, 5.74) is 0.628. The number of hydrogen-bond acceptors (Lipinski definition) is 1. The summed E-state index contributed by atoms with van der Waals surface area (Å²) in [4.78, 5) is 3.93. The lowest BCUT2D eigenvalue weighted by Gasteiger charge is -1.98. The molecule has 0 N–H and O–H groups in total. The molecule has 1 heterocycles. The zero-order chi connectivity index (χ0) is 7.56. The van der Waals surface area contributed by atoms with Crippen molar-refractivity contribution in [2.24, 2.45) is 0 Å². The Balaban J connectivity index is 3.17. The van der Waals surface area contributed by atoms with E-state index in [0.29, 0.717) is 10.9 Å². The second kappa shape index (κ2) is 3.61. The maximum atomic E-state index is 12.8. The Bertz CT molecular complexity index is 221. The van der Waals surface area contributed by atoms with E-state index in [9.17, 15) is 4.39 Å². The second-order valence-electron chi connectivity index (χ2n) is 1.70. The summed E-state index contributed by atoms with van der Waals surface area (Å²) >= 11 is 5.18. The molecule has 0 saturated heterocycles. The lowest BCUT2D eigenvalue weighted by molar-refractivity contribution is 0.613. The number of rotatable bonds is 1. The molecule has 0 radical (unpaired) electrons. The van der Waals surface area contributed by atoms with Gasteiger partial charge >= 0.3 is 0 Å². The van der Waals surface area contributed by atoms with Crippen LogP contribution in [0.25, 0.3) is 0 Å². The topological polar surface area (TPSA) is 12.9 Å². The van der Waals surface area contributed by atoms with Crippen LogP contribution in [0.4, 0.5) is 4.39 Å². The van der Waals surface area contributed by atoms with Crippen LogP contribution in [-0.4, -0.2) is 4.98 Å². The van der Waals surface area contributed by atoms with Crippen LogP contribution in [0.15, 0.2) is 12.3 Å². The molecule has 1 rings (SSSR count). The number of aromatic nitrogens is 1. The average Bonchev–Trinajstić information content (AvgIpc) is 1.88. The molecule has 0 bridgehead atoms. The summed E-state index contributed by atoms with van der Waals surface area (Å²) in [5.74, 6) is -0.198. The quantitative estimate of drug-likeness (QED) is 0.441. The Kier molecular flexibility index (Phi) is 3.03. The summed E-state index contributed by atoms with van der Waals surface area (Å²) in [6.45, 7) is 0. The number of hydrogen-bond donors (Lipinski definition) is 0. The zero-order valence-corrected chi connectivity index (χ0v) is 8.69. The Morgan fingerprint density at radius 1 is 1.70 bits per heavy atom. The molecule has 1 aromatic heterocycles. The molecule has 0 fully saturated rings. The van der Waals surface area contributed by atoms with E-state index >= 15 is 0 Å². The molecule has 0 atom stereocenters. The van der Waals surface area contributed by atoms with Gasteiger partial charge in [-0.25, -0.2) is 9.37 Å². The average molecular weight is 316 g/mol. The standard InChI is InChI=1S/C6H4BrFIN/c7-3-4-5(8)1-2-10-6(4)9/h1-2H,3H2. The first-order valence-corrected chi connectivity index (χ1v) is 4.80. The molecule has 0 amide bonds. The Labute approximate surface area is 80.3 Å². The SMILES string of the molecule is Fc1ccnc(I)c1CBr. The number of alkyl halides is 1. The maximum absolute atomic E-state index is 12.8. The van der Waals surface area contributed by atoms with Gasteiger partial charge in [-0.3, -0.25) is 0 Å². The lowest BCUT2D eigenvalue weighted by atomic mass is 10.3. The molecule has 1 aromatic rings. The second-order valence-corrected chi connectivity index (χ2v) is 3.28. The molecule has 0 aliphatic carbocycles. The van der Waals surface area contributed by atoms with Crippen molar-refractivity contribution in [3.8, 4) is 0 Å². The predicted octanol–water partition coefficient (Wildman–Crippen LogP) is 2.72. The molecule has 10 heavy (non-hydrogen) atoms. The molecule has 4 heteroatoms. The van der Waals surface area contributed by atoms with Crippen molar-refractivity contribution in [1.29, 1.82) is 0 Å². The highest BCUT2D eigenvalue weighted by atomic mass is 127. The third-order valence-corrected chi connectivity index (χ3v) is 2.57. The van der Waals surface area contributed by atoms with Crippen LogP contribution in [0.2, 0.25) is 0 Å². The van der Waals surface area contributed by atoms with E-state index in [1.165, 1.54) is 12.3 Å². The molecule has 0 aromatic carbocycles. The third kappa shape index (κ3) is 1.66.